The first kappa shape index (κ1) is 19.3. The average molecular weight is 419 g/mol. The van der Waals surface area contributed by atoms with Gasteiger partial charge in [0.1, 0.15) is 0 Å². The van der Waals surface area contributed by atoms with Gasteiger partial charge in [0.05, 0.1) is 12.6 Å². The minimum atomic E-state index is 0.215. The van der Waals surface area contributed by atoms with E-state index in [4.69, 9.17) is 17.0 Å². The Morgan fingerprint density at radius 2 is 1.97 bits per heavy atom. The molecule has 4 aromatic rings. The van der Waals surface area contributed by atoms with Gasteiger partial charge in [-0.1, -0.05) is 30.3 Å². The van der Waals surface area contributed by atoms with Crippen LogP contribution in [0.3, 0.4) is 0 Å². The van der Waals surface area contributed by atoms with Gasteiger partial charge < -0.3 is 9.30 Å². The fourth-order valence-corrected chi connectivity index (χ4v) is 4.66. The monoisotopic (exact) mass is 418 g/mol. The van der Waals surface area contributed by atoms with E-state index in [1.54, 1.807) is 0 Å². The van der Waals surface area contributed by atoms with Crippen LogP contribution in [-0.2, 0) is 17.8 Å². The zero-order chi connectivity index (χ0) is 20.7. The van der Waals surface area contributed by atoms with Crippen molar-refractivity contribution in [3.05, 3.63) is 70.1 Å². The SMILES string of the molecule is Cc1c(C)n(Cc2ccccc2)c2ccc(-c3n[nH]c(=S)n3C[C@@H]3CCCO3)cc12. The zero-order valence-corrected chi connectivity index (χ0v) is 18.2. The summed E-state index contributed by atoms with van der Waals surface area (Å²) in [5.74, 6) is 0.880. The molecule has 0 unspecified atom stereocenters. The van der Waals surface area contributed by atoms with E-state index >= 15 is 0 Å². The highest BCUT2D eigenvalue weighted by Gasteiger charge is 2.20. The number of aromatic amines is 1. The Kier molecular flexibility index (Phi) is 5.05. The number of aryl methyl sites for hydroxylation is 1. The lowest BCUT2D eigenvalue weighted by Gasteiger charge is -2.12. The second-order valence-electron chi connectivity index (χ2n) is 8.11. The molecule has 2 aromatic heterocycles. The summed E-state index contributed by atoms with van der Waals surface area (Å²) in [4.78, 5) is 0. The highest BCUT2D eigenvalue weighted by atomic mass is 32.1. The molecule has 0 amide bonds. The summed E-state index contributed by atoms with van der Waals surface area (Å²) < 4.78 is 10.9. The van der Waals surface area contributed by atoms with Crippen molar-refractivity contribution in [1.29, 1.82) is 0 Å². The molecule has 0 aliphatic carbocycles. The van der Waals surface area contributed by atoms with Gasteiger partial charge >= 0.3 is 0 Å². The summed E-state index contributed by atoms with van der Waals surface area (Å²) in [7, 11) is 0. The number of fused-ring (bicyclic) bond motifs is 1. The first-order valence-electron chi connectivity index (χ1n) is 10.5. The Morgan fingerprint density at radius 1 is 1.13 bits per heavy atom. The molecule has 1 atom stereocenters. The predicted octanol–water partition coefficient (Wildman–Crippen LogP) is 5.41. The lowest BCUT2D eigenvalue weighted by molar-refractivity contribution is 0.0970. The Morgan fingerprint density at radius 3 is 2.73 bits per heavy atom. The molecule has 154 valence electrons. The van der Waals surface area contributed by atoms with Crippen molar-refractivity contribution in [2.24, 2.45) is 0 Å². The quantitative estimate of drug-likeness (QED) is 0.441. The van der Waals surface area contributed by atoms with E-state index in [2.05, 4.69) is 81.7 Å². The number of benzene rings is 2. The molecule has 0 saturated carbocycles. The largest absolute Gasteiger partial charge is 0.376 e. The molecule has 1 aliphatic rings. The second kappa shape index (κ2) is 7.85. The lowest BCUT2D eigenvalue weighted by atomic mass is 10.1. The van der Waals surface area contributed by atoms with Crippen LogP contribution in [0.2, 0.25) is 0 Å². The van der Waals surface area contributed by atoms with Crippen molar-refractivity contribution in [2.45, 2.75) is 45.9 Å². The molecule has 30 heavy (non-hydrogen) atoms. The maximum atomic E-state index is 5.83. The molecule has 1 N–H and O–H groups in total. The van der Waals surface area contributed by atoms with E-state index in [0.29, 0.717) is 4.77 Å². The molecule has 0 spiro atoms. The zero-order valence-electron chi connectivity index (χ0n) is 17.4. The first-order valence-corrected chi connectivity index (χ1v) is 10.9. The van der Waals surface area contributed by atoms with E-state index in [9.17, 15) is 0 Å². The van der Waals surface area contributed by atoms with Gasteiger partial charge in [-0.15, -0.1) is 0 Å². The molecule has 1 fully saturated rings. The van der Waals surface area contributed by atoms with Crippen LogP contribution >= 0.6 is 12.2 Å². The van der Waals surface area contributed by atoms with Crippen LogP contribution in [0.15, 0.2) is 48.5 Å². The van der Waals surface area contributed by atoms with Crippen LogP contribution in [-0.4, -0.2) is 32.0 Å². The number of ether oxygens (including phenoxy) is 1. The fraction of sp³-hybridized carbons (Fsp3) is 0.333. The number of aromatic nitrogens is 4. The van der Waals surface area contributed by atoms with Gasteiger partial charge in [0, 0.05) is 35.3 Å². The Hall–Kier alpha value is -2.70. The highest BCUT2D eigenvalue weighted by molar-refractivity contribution is 7.71. The summed E-state index contributed by atoms with van der Waals surface area (Å²) in [6.45, 7) is 6.85. The molecule has 1 saturated heterocycles. The van der Waals surface area contributed by atoms with Crippen LogP contribution in [0.4, 0.5) is 0 Å². The number of nitrogens with one attached hydrogen (secondary N) is 1. The van der Waals surface area contributed by atoms with E-state index in [1.165, 1.54) is 27.7 Å². The minimum Gasteiger partial charge on any atom is -0.376 e. The number of hydrogen-bond donors (Lipinski definition) is 1. The van der Waals surface area contributed by atoms with Crippen molar-refractivity contribution in [3.63, 3.8) is 0 Å². The maximum Gasteiger partial charge on any atom is 0.195 e. The maximum absolute atomic E-state index is 5.83. The number of hydrogen-bond acceptors (Lipinski definition) is 3. The topological polar surface area (TPSA) is 47.8 Å². The molecule has 0 radical (unpaired) electrons. The Balaban J connectivity index is 1.55. The number of nitrogens with zero attached hydrogens (tertiary/aromatic N) is 3. The van der Waals surface area contributed by atoms with Crippen molar-refractivity contribution in [2.75, 3.05) is 6.61 Å². The van der Waals surface area contributed by atoms with E-state index in [0.717, 1.165) is 43.9 Å². The summed E-state index contributed by atoms with van der Waals surface area (Å²) in [6, 6.07) is 17.2. The third-order valence-corrected chi connectivity index (χ3v) is 6.56. The molecule has 3 heterocycles. The minimum absolute atomic E-state index is 0.215. The second-order valence-corrected chi connectivity index (χ2v) is 8.50. The first-order chi connectivity index (χ1) is 14.6. The molecule has 6 heteroatoms. The van der Waals surface area contributed by atoms with Crippen molar-refractivity contribution >= 4 is 23.1 Å². The van der Waals surface area contributed by atoms with Gasteiger partial charge in [-0.3, -0.25) is 9.67 Å². The third kappa shape index (κ3) is 3.40. The van der Waals surface area contributed by atoms with Crippen LogP contribution in [0, 0.1) is 18.6 Å². The molecule has 2 aromatic carbocycles. The molecule has 1 aliphatic heterocycles. The van der Waals surface area contributed by atoms with E-state index in [1.807, 2.05) is 0 Å². The Bertz CT molecular complexity index is 1250. The van der Waals surface area contributed by atoms with Gasteiger partial charge in [0.25, 0.3) is 0 Å². The predicted molar refractivity (Wildman–Crippen MR) is 122 cm³/mol. The van der Waals surface area contributed by atoms with E-state index in [-0.39, 0.29) is 6.10 Å². The third-order valence-electron chi connectivity index (χ3n) is 6.25. The summed E-state index contributed by atoms with van der Waals surface area (Å²) in [5.41, 5.74) is 6.23. The van der Waals surface area contributed by atoms with E-state index < -0.39 is 0 Å². The van der Waals surface area contributed by atoms with Crippen molar-refractivity contribution in [1.82, 2.24) is 19.3 Å². The molecular weight excluding hydrogens is 392 g/mol. The van der Waals surface area contributed by atoms with Gasteiger partial charge in [-0.2, -0.15) is 5.10 Å². The van der Waals surface area contributed by atoms with Crippen LogP contribution in [0.25, 0.3) is 22.3 Å². The van der Waals surface area contributed by atoms with Crippen molar-refractivity contribution < 1.29 is 4.74 Å². The highest BCUT2D eigenvalue weighted by Crippen LogP contribution is 2.30. The lowest BCUT2D eigenvalue weighted by Crippen LogP contribution is -2.16. The average Bonchev–Trinajstić information content (AvgIpc) is 3.47. The Labute approximate surface area is 181 Å². The van der Waals surface area contributed by atoms with Gasteiger partial charge in [-0.25, -0.2) is 0 Å². The van der Waals surface area contributed by atoms with Gasteiger partial charge in [-0.05, 0) is 68.2 Å². The number of H-pyrrole nitrogens is 1. The normalized spacial score (nSPS) is 16.5. The summed E-state index contributed by atoms with van der Waals surface area (Å²) in [5, 5.41) is 8.78. The van der Waals surface area contributed by atoms with Crippen LogP contribution in [0.1, 0.15) is 29.7 Å². The number of rotatable bonds is 5. The van der Waals surface area contributed by atoms with Crippen LogP contribution in [0.5, 0.6) is 0 Å². The molecular formula is C24H26N4OS. The van der Waals surface area contributed by atoms with Crippen LogP contribution < -0.4 is 0 Å². The van der Waals surface area contributed by atoms with Gasteiger partial charge in [0.2, 0.25) is 0 Å². The smallest absolute Gasteiger partial charge is 0.195 e. The standard InChI is InChI=1S/C24H26N4OS/c1-16-17(2)27(14-18-7-4-3-5-8-18)22-11-10-19(13-21(16)22)23-25-26-24(30)28(23)15-20-9-6-12-29-20/h3-5,7-8,10-11,13,20H,6,9,12,14-15H2,1-2H3,(H,26,30)/t20-/m0/s1. The van der Waals surface area contributed by atoms with Gasteiger partial charge in [0.15, 0.2) is 10.6 Å². The molecule has 0 bridgehead atoms. The fourth-order valence-electron chi connectivity index (χ4n) is 4.46. The molecule has 5 nitrogen and oxygen atoms in total. The summed E-state index contributed by atoms with van der Waals surface area (Å²) in [6.07, 6.45) is 2.41. The van der Waals surface area contributed by atoms with Crippen molar-refractivity contribution in [3.8, 4) is 11.4 Å². The summed E-state index contributed by atoms with van der Waals surface area (Å²) >= 11 is 5.51. The molecule has 5 rings (SSSR count).